The smallest absolute Gasteiger partial charge is 0.211 e. The van der Waals surface area contributed by atoms with Gasteiger partial charge < -0.3 is 16.2 Å². The van der Waals surface area contributed by atoms with Crippen molar-refractivity contribution in [1.82, 2.24) is 0 Å². The zero-order chi connectivity index (χ0) is 11.3. The number of hydrogen-bond donors (Lipinski definition) is 2. The molecule has 0 aliphatic rings. The molecule has 0 radical (unpaired) electrons. The van der Waals surface area contributed by atoms with Gasteiger partial charge in [0.1, 0.15) is 5.75 Å². The lowest BCUT2D eigenvalue weighted by Gasteiger charge is -2.06. The summed E-state index contributed by atoms with van der Waals surface area (Å²) in [5, 5.41) is 7.23. The van der Waals surface area contributed by atoms with Gasteiger partial charge in [-0.15, -0.1) is 5.10 Å². The number of nitrogens with zero attached hydrogens (tertiary/aromatic N) is 2. The molecule has 5 heteroatoms. The molecular formula is C10H14N4O. The largest absolute Gasteiger partial charge is 0.496 e. The van der Waals surface area contributed by atoms with Crippen LogP contribution in [0.5, 0.6) is 5.75 Å². The Kier molecular flexibility index (Phi) is 3.68. The molecule has 0 unspecified atom stereocenters. The van der Waals surface area contributed by atoms with E-state index in [1.165, 1.54) is 0 Å². The Morgan fingerprint density at radius 2 is 2.13 bits per heavy atom. The third-order valence-electron chi connectivity index (χ3n) is 1.82. The predicted octanol–water partition coefficient (Wildman–Crippen LogP) is 0.611. The minimum absolute atomic E-state index is 0.0714. The summed E-state index contributed by atoms with van der Waals surface area (Å²) in [5.74, 6) is 0.699. The minimum atomic E-state index is -0.0714. The first-order chi connectivity index (χ1) is 7.15. The van der Waals surface area contributed by atoms with Gasteiger partial charge in [-0.25, -0.2) is 0 Å². The van der Waals surface area contributed by atoms with Crippen LogP contribution >= 0.6 is 0 Å². The lowest BCUT2D eigenvalue weighted by molar-refractivity contribution is 0.411. The quantitative estimate of drug-likeness (QED) is 0.431. The van der Waals surface area contributed by atoms with Crippen molar-refractivity contribution in [1.29, 1.82) is 0 Å². The van der Waals surface area contributed by atoms with Crippen molar-refractivity contribution in [3.8, 4) is 5.75 Å². The number of nitrogens with two attached hydrogens (primary N) is 2. The van der Waals surface area contributed by atoms with E-state index in [1.54, 1.807) is 13.3 Å². The molecule has 4 N–H and O–H groups in total. The Morgan fingerprint density at radius 1 is 1.40 bits per heavy atom. The maximum atomic E-state index is 5.23. The first-order valence-corrected chi connectivity index (χ1v) is 4.40. The van der Waals surface area contributed by atoms with E-state index in [9.17, 15) is 0 Å². The van der Waals surface area contributed by atoms with Crippen LogP contribution in [0.2, 0.25) is 0 Å². The van der Waals surface area contributed by atoms with Gasteiger partial charge in [-0.2, -0.15) is 5.10 Å². The molecule has 0 aromatic heterocycles. The van der Waals surface area contributed by atoms with Gasteiger partial charge in [0.05, 0.1) is 13.3 Å². The van der Waals surface area contributed by atoms with Gasteiger partial charge >= 0.3 is 0 Å². The number of rotatable bonds is 3. The fourth-order valence-corrected chi connectivity index (χ4v) is 1.21. The van der Waals surface area contributed by atoms with E-state index in [1.807, 2.05) is 25.1 Å². The molecule has 15 heavy (non-hydrogen) atoms. The van der Waals surface area contributed by atoms with Crippen LogP contribution < -0.4 is 16.2 Å². The number of methoxy groups -OCH3 is 1. The number of benzene rings is 1. The van der Waals surface area contributed by atoms with Crippen LogP contribution in [-0.4, -0.2) is 19.3 Å². The molecule has 0 aliphatic heterocycles. The maximum Gasteiger partial charge on any atom is 0.211 e. The maximum absolute atomic E-state index is 5.23. The molecule has 80 valence electrons. The molecule has 0 aliphatic carbocycles. The zero-order valence-electron chi connectivity index (χ0n) is 8.77. The number of ether oxygens (including phenoxy) is 1. The summed E-state index contributed by atoms with van der Waals surface area (Å²) in [6.45, 7) is 1.96. The Morgan fingerprint density at radius 3 is 2.73 bits per heavy atom. The van der Waals surface area contributed by atoms with E-state index < -0.39 is 0 Å². The SMILES string of the molecule is COc1c(C)cccc1C=NN=C(N)N. The second kappa shape index (κ2) is 4.99. The standard InChI is InChI=1S/C10H14N4O/c1-7-4-3-5-8(9(7)15-2)6-13-14-10(11)12/h3-6H,1-2H3,(H4,11,12,14). The molecule has 0 amide bonds. The fraction of sp³-hybridized carbons (Fsp3) is 0.200. The highest BCUT2D eigenvalue weighted by atomic mass is 16.5. The van der Waals surface area contributed by atoms with Crippen LogP contribution in [0.3, 0.4) is 0 Å². The Balaban J connectivity index is 2.99. The van der Waals surface area contributed by atoms with Crippen LogP contribution in [0.1, 0.15) is 11.1 Å². The number of aryl methyl sites for hydroxylation is 1. The van der Waals surface area contributed by atoms with E-state index in [2.05, 4.69) is 10.2 Å². The second-order valence-electron chi connectivity index (χ2n) is 2.97. The average Bonchev–Trinajstić information content (AvgIpc) is 2.17. The Labute approximate surface area is 88.4 Å². The van der Waals surface area contributed by atoms with Gasteiger partial charge in [-0.05, 0) is 18.6 Å². The van der Waals surface area contributed by atoms with E-state index in [-0.39, 0.29) is 5.96 Å². The van der Waals surface area contributed by atoms with Crippen molar-refractivity contribution >= 4 is 12.2 Å². The summed E-state index contributed by atoms with van der Waals surface area (Å²) in [6, 6.07) is 5.74. The Hall–Kier alpha value is -2.04. The lowest BCUT2D eigenvalue weighted by atomic mass is 10.1. The molecule has 0 saturated carbocycles. The molecule has 5 nitrogen and oxygen atoms in total. The van der Waals surface area contributed by atoms with E-state index >= 15 is 0 Å². The second-order valence-corrected chi connectivity index (χ2v) is 2.97. The summed E-state index contributed by atoms with van der Waals surface area (Å²) in [6.07, 6.45) is 1.55. The van der Waals surface area contributed by atoms with Crippen molar-refractivity contribution in [3.63, 3.8) is 0 Å². The first kappa shape index (κ1) is 11.0. The molecule has 1 aromatic carbocycles. The summed E-state index contributed by atoms with van der Waals surface area (Å²) in [4.78, 5) is 0. The number of guanidine groups is 1. The molecule has 0 spiro atoms. The van der Waals surface area contributed by atoms with Crippen LogP contribution in [0.15, 0.2) is 28.4 Å². The highest BCUT2D eigenvalue weighted by Gasteiger charge is 2.02. The molecule has 0 heterocycles. The van der Waals surface area contributed by atoms with Crippen molar-refractivity contribution in [2.45, 2.75) is 6.92 Å². The molecule has 0 fully saturated rings. The fourth-order valence-electron chi connectivity index (χ4n) is 1.21. The van der Waals surface area contributed by atoms with Gasteiger partial charge in [-0.1, -0.05) is 12.1 Å². The molecule has 0 bridgehead atoms. The predicted molar refractivity (Wildman–Crippen MR) is 61.1 cm³/mol. The third kappa shape index (κ3) is 2.98. The lowest BCUT2D eigenvalue weighted by Crippen LogP contribution is -2.21. The molecule has 0 saturated heterocycles. The third-order valence-corrected chi connectivity index (χ3v) is 1.82. The monoisotopic (exact) mass is 206 g/mol. The van der Waals surface area contributed by atoms with Gasteiger partial charge in [0.25, 0.3) is 0 Å². The summed E-state index contributed by atoms with van der Waals surface area (Å²) in [5.41, 5.74) is 12.1. The number of para-hydroxylation sites is 1. The summed E-state index contributed by atoms with van der Waals surface area (Å²) in [7, 11) is 1.61. The highest BCUT2D eigenvalue weighted by molar-refractivity contribution is 5.85. The van der Waals surface area contributed by atoms with Gasteiger partial charge in [0.15, 0.2) is 0 Å². The van der Waals surface area contributed by atoms with Crippen molar-refractivity contribution < 1.29 is 4.74 Å². The topological polar surface area (TPSA) is 86.0 Å². The van der Waals surface area contributed by atoms with Gasteiger partial charge in [0.2, 0.25) is 5.96 Å². The minimum Gasteiger partial charge on any atom is -0.496 e. The van der Waals surface area contributed by atoms with E-state index in [0.29, 0.717) is 0 Å². The van der Waals surface area contributed by atoms with E-state index in [0.717, 1.165) is 16.9 Å². The first-order valence-electron chi connectivity index (χ1n) is 4.40. The van der Waals surface area contributed by atoms with Crippen LogP contribution in [0.4, 0.5) is 0 Å². The Bertz CT molecular complexity index is 394. The molecule has 0 atom stereocenters. The van der Waals surface area contributed by atoms with Gasteiger partial charge in [-0.3, -0.25) is 0 Å². The van der Waals surface area contributed by atoms with Gasteiger partial charge in [0, 0.05) is 5.56 Å². The molecule has 1 aromatic rings. The molecular weight excluding hydrogens is 192 g/mol. The molecule has 1 rings (SSSR count). The summed E-state index contributed by atoms with van der Waals surface area (Å²) < 4.78 is 5.23. The zero-order valence-corrected chi connectivity index (χ0v) is 8.77. The highest BCUT2D eigenvalue weighted by Crippen LogP contribution is 2.20. The van der Waals surface area contributed by atoms with Crippen molar-refractivity contribution in [2.24, 2.45) is 21.7 Å². The van der Waals surface area contributed by atoms with Crippen LogP contribution in [0.25, 0.3) is 0 Å². The van der Waals surface area contributed by atoms with Crippen LogP contribution in [-0.2, 0) is 0 Å². The van der Waals surface area contributed by atoms with Crippen molar-refractivity contribution in [3.05, 3.63) is 29.3 Å². The number of hydrogen-bond acceptors (Lipinski definition) is 3. The van der Waals surface area contributed by atoms with Crippen molar-refractivity contribution in [2.75, 3.05) is 7.11 Å². The average molecular weight is 206 g/mol. The normalized spacial score (nSPS) is 10.3. The summed E-state index contributed by atoms with van der Waals surface area (Å²) >= 11 is 0. The van der Waals surface area contributed by atoms with E-state index in [4.69, 9.17) is 16.2 Å². The van der Waals surface area contributed by atoms with Crippen LogP contribution in [0, 0.1) is 6.92 Å².